The molecular weight excluding hydrogens is 370 g/mol. The molecule has 5 nitrogen and oxygen atoms in total. The Kier molecular flexibility index (Phi) is 6.11. The highest BCUT2D eigenvalue weighted by Crippen LogP contribution is 2.30. The third kappa shape index (κ3) is 4.58. The quantitative estimate of drug-likeness (QED) is 0.624. The van der Waals surface area contributed by atoms with Crippen LogP contribution in [0.3, 0.4) is 0 Å². The summed E-state index contributed by atoms with van der Waals surface area (Å²) in [5.74, 6) is 0.677. The number of nitrogens with one attached hydrogen (secondary N) is 1. The fourth-order valence-corrected chi connectivity index (χ4v) is 4.09. The zero-order chi connectivity index (χ0) is 20.3. The third-order valence-corrected chi connectivity index (χ3v) is 5.68. The van der Waals surface area contributed by atoms with Crippen LogP contribution in [0, 0.1) is 20.8 Å². The van der Waals surface area contributed by atoms with Crippen LogP contribution in [0.5, 0.6) is 5.75 Å². The molecule has 2 aromatic carbocycles. The van der Waals surface area contributed by atoms with Crippen molar-refractivity contribution in [3.63, 3.8) is 0 Å². The predicted molar refractivity (Wildman–Crippen MR) is 114 cm³/mol. The van der Waals surface area contributed by atoms with Crippen molar-refractivity contribution in [2.24, 2.45) is 0 Å². The summed E-state index contributed by atoms with van der Waals surface area (Å²) >= 11 is 1.43. The molecule has 1 aromatic heterocycles. The van der Waals surface area contributed by atoms with Crippen molar-refractivity contribution >= 4 is 17.2 Å². The van der Waals surface area contributed by atoms with E-state index in [4.69, 9.17) is 4.74 Å². The zero-order valence-electron chi connectivity index (χ0n) is 16.9. The van der Waals surface area contributed by atoms with Crippen molar-refractivity contribution in [2.45, 2.75) is 27.3 Å². The number of hydrogen-bond acceptors (Lipinski definition) is 5. The fraction of sp³-hybridized carbons (Fsp3) is 0.273. The van der Waals surface area contributed by atoms with Gasteiger partial charge in [-0.25, -0.2) is 9.99 Å². The standard InChI is InChI=1S/C22H25N3O2S/c1-14-6-11-19(15(2)12-14)22-23-16(3)20(28-22)21(26)24-25(4)13-17-7-9-18(27-5)10-8-17/h6-12H,13H2,1-5H3,(H,24,26). The molecule has 6 heteroatoms. The summed E-state index contributed by atoms with van der Waals surface area (Å²) in [7, 11) is 3.49. The molecule has 0 atom stereocenters. The number of hydrogen-bond donors (Lipinski definition) is 1. The van der Waals surface area contributed by atoms with Crippen LogP contribution >= 0.6 is 11.3 Å². The molecular formula is C22H25N3O2S. The number of nitrogens with zero attached hydrogens (tertiary/aromatic N) is 2. The number of ether oxygens (including phenoxy) is 1. The number of methoxy groups -OCH3 is 1. The molecule has 0 fully saturated rings. The predicted octanol–water partition coefficient (Wildman–Crippen LogP) is 4.52. The summed E-state index contributed by atoms with van der Waals surface area (Å²) < 4.78 is 5.17. The molecule has 0 aliphatic carbocycles. The normalized spacial score (nSPS) is 10.9. The van der Waals surface area contributed by atoms with Crippen LogP contribution in [0.15, 0.2) is 42.5 Å². The largest absolute Gasteiger partial charge is 0.497 e. The molecule has 0 radical (unpaired) electrons. The molecule has 1 N–H and O–H groups in total. The second-order valence-corrected chi connectivity index (χ2v) is 7.90. The van der Waals surface area contributed by atoms with Gasteiger partial charge in [0.05, 0.1) is 12.8 Å². The number of aromatic nitrogens is 1. The van der Waals surface area contributed by atoms with E-state index < -0.39 is 0 Å². The average molecular weight is 396 g/mol. The number of benzene rings is 2. The van der Waals surface area contributed by atoms with Crippen molar-refractivity contribution in [1.82, 2.24) is 15.4 Å². The van der Waals surface area contributed by atoms with E-state index in [0.717, 1.165) is 33.1 Å². The van der Waals surface area contributed by atoms with Crippen LogP contribution in [0.4, 0.5) is 0 Å². The molecule has 0 spiro atoms. The van der Waals surface area contributed by atoms with Gasteiger partial charge in [0.15, 0.2) is 0 Å². The molecule has 0 aliphatic rings. The number of hydrazine groups is 1. The van der Waals surface area contributed by atoms with Crippen LogP contribution in [0.25, 0.3) is 10.6 Å². The first-order valence-corrected chi connectivity index (χ1v) is 9.89. The van der Waals surface area contributed by atoms with Gasteiger partial charge in [-0.3, -0.25) is 10.2 Å². The van der Waals surface area contributed by atoms with Gasteiger partial charge >= 0.3 is 0 Å². The van der Waals surface area contributed by atoms with Crippen molar-refractivity contribution in [2.75, 3.05) is 14.2 Å². The van der Waals surface area contributed by atoms with Gasteiger partial charge < -0.3 is 4.74 Å². The summed E-state index contributed by atoms with van der Waals surface area (Å²) in [6, 6.07) is 14.1. The van der Waals surface area contributed by atoms with Crippen LogP contribution < -0.4 is 10.2 Å². The van der Waals surface area contributed by atoms with Crippen LogP contribution in [-0.2, 0) is 6.54 Å². The lowest BCUT2D eigenvalue weighted by molar-refractivity contribution is 0.0823. The van der Waals surface area contributed by atoms with E-state index >= 15 is 0 Å². The van der Waals surface area contributed by atoms with Gasteiger partial charge in [0.25, 0.3) is 5.91 Å². The SMILES string of the molecule is COc1ccc(CN(C)NC(=O)c2sc(-c3ccc(C)cc3C)nc2C)cc1. The molecule has 3 rings (SSSR count). The van der Waals surface area contributed by atoms with E-state index in [-0.39, 0.29) is 5.91 Å². The average Bonchev–Trinajstić information content (AvgIpc) is 3.03. The number of rotatable bonds is 6. The molecule has 1 heterocycles. The lowest BCUT2D eigenvalue weighted by Gasteiger charge is -2.18. The van der Waals surface area contributed by atoms with Crippen LogP contribution in [-0.4, -0.2) is 30.1 Å². The second kappa shape index (κ2) is 8.54. The minimum Gasteiger partial charge on any atom is -0.497 e. The van der Waals surface area contributed by atoms with Crippen molar-refractivity contribution < 1.29 is 9.53 Å². The highest BCUT2D eigenvalue weighted by Gasteiger charge is 2.18. The maximum Gasteiger partial charge on any atom is 0.277 e. The summed E-state index contributed by atoms with van der Waals surface area (Å²) in [5, 5.41) is 2.65. The molecule has 0 saturated heterocycles. The Morgan fingerprint density at radius 3 is 2.50 bits per heavy atom. The Balaban J connectivity index is 1.70. The highest BCUT2D eigenvalue weighted by atomic mass is 32.1. The number of aryl methyl sites for hydroxylation is 3. The number of carbonyl (C=O) groups is 1. The first-order chi connectivity index (χ1) is 13.4. The van der Waals surface area contributed by atoms with E-state index in [1.807, 2.05) is 38.2 Å². The van der Waals surface area contributed by atoms with Crippen molar-refractivity contribution in [3.05, 3.63) is 69.7 Å². The van der Waals surface area contributed by atoms with Gasteiger partial charge in [0, 0.05) is 19.2 Å². The second-order valence-electron chi connectivity index (χ2n) is 6.90. The number of carbonyl (C=O) groups excluding carboxylic acids is 1. The van der Waals surface area contributed by atoms with E-state index in [1.54, 1.807) is 12.1 Å². The van der Waals surface area contributed by atoms with Gasteiger partial charge in [-0.1, -0.05) is 35.9 Å². The minimum atomic E-state index is -0.137. The maximum atomic E-state index is 12.7. The van der Waals surface area contributed by atoms with Gasteiger partial charge in [-0.2, -0.15) is 0 Å². The Hall–Kier alpha value is -2.70. The molecule has 3 aromatic rings. The summed E-state index contributed by atoms with van der Waals surface area (Å²) in [6.45, 7) is 6.61. The van der Waals surface area contributed by atoms with Gasteiger partial charge in [-0.15, -0.1) is 11.3 Å². The lowest BCUT2D eigenvalue weighted by Crippen LogP contribution is -2.38. The Morgan fingerprint density at radius 2 is 1.86 bits per heavy atom. The Morgan fingerprint density at radius 1 is 1.14 bits per heavy atom. The molecule has 0 aliphatic heterocycles. The van der Waals surface area contributed by atoms with E-state index in [1.165, 1.54) is 16.9 Å². The molecule has 0 bridgehead atoms. The van der Waals surface area contributed by atoms with Crippen molar-refractivity contribution in [3.8, 4) is 16.3 Å². The molecule has 28 heavy (non-hydrogen) atoms. The van der Waals surface area contributed by atoms with E-state index in [0.29, 0.717) is 11.4 Å². The molecule has 0 saturated carbocycles. The molecule has 0 unspecified atom stereocenters. The monoisotopic (exact) mass is 395 g/mol. The van der Waals surface area contributed by atoms with E-state index in [2.05, 4.69) is 42.5 Å². The third-order valence-electron chi connectivity index (χ3n) is 4.49. The minimum absolute atomic E-state index is 0.137. The van der Waals surface area contributed by atoms with Crippen LogP contribution in [0.2, 0.25) is 0 Å². The number of amides is 1. The smallest absolute Gasteiger partial charge is 0.277 e. The Bertz CT molecular complexity index is 980. The Labute approximate surface area is 170 Å². The first kappa shape index (κ1) is 20.0. The van der Waals surface area contributed by atoms with Gasteiger partial charge in [-0.05, 0) is 44.0 Å². The fourth-order valence-electron chi connectivity index (χ4n) is 3.04. The van der Waals surface area contributed by atoms with E-state index in [9.17, 15) is 4.79 Å². The van der Waals surface area contributed by atoms with Crippen LogP contribution in [0.1, 0.15) is 32.1 Å². The van der Waals surface area contributed by atoms with Gasteiger partial charge in [0.2, 0.25) is 0 Å². The topological polar surface area (TPSA) is 54.5 Å². The lowest BCUT2D eigenvalue weighted by atomic mass is 10.1. The zero-order valence-corrected chi connectivity index (χ0v) is 17.7. The highest BCUT2D eigenvalue weighted by molar-refractivity contribution is 7.17. The maximum absolute atomic E-state index is 12.7. The number of thiazole rings is 1. The van der Waals surface area contributed by atoms with Crippen molar-refractivity contribution in [1.29, 1.82) is 0 Å². The first-order valence-electron chi connectivity index (χ1n) is 9.07. The summed E-state index contributed by atoms with van der Waals surface area (Å²) in [6.07, 6.45) is 0. The van der Waals surface area contributed by atoms with Gasteiger partial charge in [0.1, 0.15) is 15.6 Å². The summed E-state index contributed by atoms with van der Waals surface area (Å²) in [4.78, 5) is 18.0. The molecule has 146 valence electrons. The summed E-state index contributed by atoms with van der Waals surface area (Å²) in [5.41, 5.74) is 8.22. The molecule has 1 amide bonds.